The predicted molar refractivity (Wildman–Crippen MR) is 67.9 cm³/mol. The summed E-state index contributed by atoms with van der Waals surface area (Å²) in [5.74, 6) is 6.36. The Kier molecular flexibility index (Phi) is 3.91. The number of pyridine rings is 1. The van der Waals surface area contributed by atoms with E-state index in [0.717, 1.165) is 17.9 Å². The molecule has 2 aromatic heterocycles. The van der Waals surface area contributed by atoms with Gasteiger partial charge in [-0.1, -0.05) is 6.07 Å². The summed E-state index contributed by atoms with van der Waals surface area (Å²) in [5.41, 5.74) is 4.47. The highest BCUT2D eigenvalue weighted by atomic mass is 16.5. The average molecular weight is 247 g/mol. The number of ether oxygens (including phenoxy) is 1. The van der Waals surface area contributed by atoms with Crippen LogP contribution in [-0.2, 0) is 6.54 Å². The third kappa shape index (κ3) is 2.20. The molecule has 1 atom stereocenters. The van der Waals surface area contributed by atoms with Crippen LogP contribution in [0.4, 0.5) is 0 Å². The van der Waals surface area contributed by atoms with E-state index in [-0.39, 0.29) is 6.04 Å². The van der Waals surface area contributed by atoms with Gasteiger partial charge in [0.1, 0.15) is 11.7 Å². The largest absolute Gasteiger partial charge is 0.493 e. The van der Waals surface area contributed by atoms with Crippen molar-refractivity contribution in [3.05, 3.63) is 42.0 Å². The molecule has 1 unspecified atom stereocenters. The molecule has 0 fully saturated rings. The van der Waals surface area contributed by atoms with Gasteiger partial charge in [0.05, 0.1) is 19.0 Å². The third-order valence-corrected chi connectivity index (χ3v) is 2.79. The highest BCUT2D eigenvalue weighted by molar-refractivity contribution is 5.33. The van der Waals surface area contributed by atoms with Crippen molar-refractivity contribution in [1.29, 1.82) is 0 Å². The molecule has 2 aromatic rings. The van der Waals surface area contributed by atoms with Crippen LogP contribution in [0.2, 0.25) is 0 Å². The SMILES string of the molecule is CCn1ncc(OC)c1C(NN)c1ccccn1. The van der Waals surface area contributed by atoms with E-state index in [1.54, 1.807) is 19.5 Å². The normalized spacial score (nSPS) is 12.4. The first-order valence-electron chi connectivity index (χ1n) is 5.78. The van der Waals surface area contributed by atoms with Gasteiger partial charge in [0.25, 0.3) is 0 Å². The third-order valence-electron chi connectivity index (χ3n) is 2.79. The van der Waals surface area contributed by atoms with Crippen molar-refractivity contribution in [2.75, 3.05) is 7.11 Å². The number of hydrogen-bond acceptors (Lipinski definition) is 5. The molecule has 0 saturated heterocycles. The maximum atomic E-state index is 5.66. The molecule has 2 rings (SSSR count). The second-order valence-electron chi connectivity index (χ2n) is 3.77. The van der Waals surface area contributed by atoms with Crippen LogP contribution < -0.4 is 16.0 Å². The number of nitrogens with zero attached hydrogens (tertiary/aromatic N) is 3. The molecule has 6 heteroatoms. The molecule has 0 aromatic carbocycles. The summed E-state index contributed by atoms with van der Waals surface area (Å²) in [7, 11) is 1.62. The van der Waals surface area contributed by atoms with E-state index >= 15 is 0 Å². The number of rotatable bonds is 5. The van der Waals surface area contributed by atoms with E-state index in [1.807, 2.05) is 29.8 Å². The molecule has 0 saturated carbocycles. The summed E-state index contributed by atoms with van der Waals surface area (Å²) in [4.78, 5) is 4.32. The first-order chi connectivity index (χ1) is 8.81. The minimum absolute atomic E-state index is 0.247. The van der Waals surface area contributed by atoms with Crippen molar-refractivity contribution in [3.8, 4) is 5.75 Å². The fourth-order valence-corrected chi connectivity index (χ4v) is 1.93. The molecule has 96 valence electrons. The van der Waals surface area contributed by atoms with E-state index in [4.69, 9.17) is 10.6 Å². The summed E-state index contributed by atoms with van der Waals surface area (Å²) in [6.45, 7) is 2.76. The van der Waals surface area contributed by atoms with Crippen LogP contribution in [0.15, 0.2) is 30.6 Å². The van der Waals surface area contributed by atoms with Crippen molar-refractivity contribution >= 4 is 0 Å². The van der Waals surface area contributed by atoms with Crippen molar-refractivity contribution in [2.45, 2.75) is 19.5 Å². The monoisotopic (exact) mass is 247 g/mol. The molecule has 2 heterocycles. The van der Waals surface area contributed by atoms with Gasteiger partial charge in [-0.25, -0.2) is 5.43 Å². The topological polar surface area (TPSA) is 78.0 Å². The molecule has 0 aliphatic rings. The fourth-order valence-electron chi connectivity index (χ4n) is 1.93. The number of nitrogens with two attached hydrogens (primary N) is 1. The van der Waals surface area contributed by atoms with Gasteiger partial charge in [-0.15, -0.1) is 0 Å². The number of hydrazine groups is 1. The standard InChI is InChI=1S/C12H17N5O/c1-3-17-12(10(18-2)8-15-17)11(16-13)9-6-4-5-7-14-9/h4-8,11,16H,3,13H2,1-2H3. The van der Waals surface area contributed by atoms with Gasteiger partial charge in [0.15, 0.2) is 5.75 Å². The number of nitrogens with one attached hydrogen (secondary N) is 1. The highest BCUT2D eigenvalue weighted by Crippen LogP contribution is 2.28. The van der Waals surface area contributed by atoms with Gasteiger partial charge >= 0.3 is 0 Å². The lowest BCUT2D eigenvalue weighted by Crippen LogP contribution is -2.31. The molecular weight excluding hydrogens is 230 g/mol. The molecule has 18 heavy (non-hydrogen) atoms. The molecular formula is C12H17N5O. The molecule has 0 amide bonds. The van der Waals surface area contributed by atoms with E-state index in [9.17, 15) is 0 Å². The maximum Gasteiger partial charge on any atom is 0.162 e. The zero-order valence-electron chi connectivity index (χ0n) is 10.5. The van der Waals surface area contributed by atoms with Gasteiger partial charge < -0.3 is 4.74 Å². The summed E-state index contributed by atoms with van der Waals surface area (Å²) >= 11 is 0. The van der Waals surface area contributed by atoms with Crippen LogP contribution in [-0.4, -0.2) is 21.9 Å². The van der Waals surface area contributed by atoms with Gasteiger partial charge in [0.2, 0.25) is 0 Å². The van der Waals surface area contributed by atoms with E-state index in [1.165, 1.54) is 0 Å². The van der Waals surface area contributed by atoms with Crippen molar-refractivity contribution in [3.63, 3.8) is 0 Å². The minimum Gasteiger partial charge on any atom is -0.493 e. The van der Waals surface area contributed by atoms with Crippen molar-refractivity contribution in [1.82, 2.24) is 20.2 Å². The zero-order valence-corrected chi connectivity index (χ0v) is 10.5. The Bertz CT molecular complexity index is 475. The first kappa shape index (κ1) is 12.5. The molecule has 0 bridgehead atoms. The Labute approximate surface area is 106 Å². The molecule has 3 N–H and O–H groups in total. The number of aromatic nitrogens is 3. The second kappa shape index (κ2) is 5.61. The molecule has 0 aliphatic carbocycles. The Hall–Kier alpha value is -1.92. The molecule has 0 radical (unpaired) electrons. The summed E-state index contributed by atoms with van der Waals surface area (Å²) < 4.78 is 7.17. The summed E-state index contributed by atoms with van der Waals surface area (Å²) in [5, 5.41) is 4.27. The molecule has 0 spiro atoms. The Morgan fingerprint density at radius 1 is 1.50 bits per heavy atom. The minimum atomic E-state index is -0.247. The van der Waals surface area contributed by atoms with Crippen molar-refractivity contribution < 1.29 is 4.74 Å². The maximum absolute atomic E-state index is 5.66. The Balaban J connectivity index is 2.47. The lowest BCUT2D eigenvalue weighted by Gasteiger charge is -2.17. The van der Waals surface area contributed by atoms with Crippen LogP contribution in [0, 0.1) is 0 Å². The smallest absolute Gasteiger partial charge is 0.162 e. The van der Waals surface area contributed by atoms with Crippen LogP contribution in [0.1, 0.15) is 24.4 Å². The van der Waals surface area contributed by atoms with E-state index < -0.39 is 0 Å². The lowest BCUT2D eigenvalue weighted by atomic mass is 10.1. The number of hydrogen-bond donors (Lipinski definition) is 2. The van der Waals surface area contributed by atoms with E-state index in [2.05, 4.69) is 15.5 Å². The Morgan fingerprint density at radius 2 is 2.33 bits per heavy atom. The van der Waals surface area contributed by atoms with Gasteiger partial charge in [0, 0.05) is 12.7 Å². The van der Waals surface area contributed by atoms with Crippen LogP contribution in [0.3, 0.4) is 0 Å². The molecule has 0 aliphatic heterocycles. The lowest BCUT2D eigenvalue weighted by molar-refractivity contribution is 0.398. The predicted octanol–water partition coefficient (Wildman–Crippen LogP) is 0.859. The highest BCUT2D eigenvalue weighted by Gasteiger charge is 2.22. The van der Waals surface area contributed by atoms with Gasteiger partial charge in [-0.05, 0) is 19.1 Å². The Morgan fingerprint density at radius 3 is 2.89 bits per heavy atom. The van der Waals surface area contributed by atoms with Crippen LogP contribution in [0.5, 0.6) is 5.75 Å². The van der Waals surface area contributed by atoms with Gasteiger partial charge in [-0.3, -0.25) is 15.5 Å². The first-order valence-corrected chi connectivity index (χ1v) is 5.78. The van der Waals surface area contributed by atoms with Gasteiger partial charge in [-0.2, -0.15) is 5.10 Å². The number of aryl methyl sites for hydroxylation is 1. The summed E-state index contributed by atoms with van der Waals surface area (Å²) in [6.07, 6.45) is 3.42. The average Bonchev–Trinajstić information content (AvgIpc) is 2.84. The van der Waals surface area contributed by atoms with Crippen molar-refractivity contribution in [2.24, 2.45) is 5.84 Å². The quantitative estimate of drug-likeness (QED) is 0.605. The summed E-state index contributed by atoms with van der Waals surface area (Å²) in [6, 6.07) is 5.46. The molecule has 6 nitrogen and oxygen atoms in total. The fraction of sp³-hybridized carbons (Fsp3) is 0.333. The number of methoxy groups -OCH3 is 1. The van der Waals surface area contributed by atoms with Crippen LogP contribution in [0.25, 0.3) is 0 Å². The zero-order chi connectivity index (χ0) is 13.0. The second-order valence-corrected chi connectivity index (χ2v) is 3.77. The van der Waals surface area contributed by atoms with E-state index in [0.29, 0.717) is 5.75 Å². The van der Waals surface area contributed by atoms with Crippen LogP contribution >= 0.6 is 0 Å².